The van der Waals surface area contributed by atoms with E-state index in [1.807, 2.05) is 22.6 Å². The number of methoxy groups -OCH3 is 2. The molecule has 1 fully saturated rings. The van der Waals surface area contributed by atoms with Gasteiger partial charge in [0.1, 0.15) is 6.54 Å². The van der Waals surface area contributed by atoms with E-state index in [1.165, 1.54) is 20.3 Å². The molecule has 1 aliphatic heterocycles. The third-order valence-corrected chi connectivity index (χ3v) is 6.17. The number of benzene rings is 2. The SMILES string of the molecule is COC(=O)CN1C(=O)S/C(=C\c2cc(I)c(OC(=O)c3ccc(Cl)cc3)c(OC)c2)C1=O. The Morgan fingerprint density at radius 1 is 1.16 bits per heavy atom. The van der Waals surface area contributed by atoms with Crippen molar-refractivity contribution >= 4 is 75.1 Å². The molecule has 2 aromatic rings. The van der Waals surface area contributed by atoms with Crippen LogP contribution in [0.3, 0.4) is 0 Å². The van der Waals surface area contributed by atoms with Crippen LogP contribution in [0.1, 0.15) is 15.9 Å². The smallest absolute Gasteiger partial charge is 0.343 e. The van der Waals surface area contributed by atoms with E-state index in [0.717, 1.165) is 4.90 Å². The zero-order valence-electron chi connectivity index (χ0n) is 16.7. The number of halogens is 2. The van der Waals surface area contributed by atoms with Crippen LogP contribution >= 0.6 is 46.0 Å². The lowest BCUT2D eigenvalue weighted by atomic mass is 10.1. The second kappa shape index (κ2) is 10.4. The highest BCUT2D eigenvalue weighted by molar-refractivity contribution is 14.1. The predicted molar refractivity (Wildman–Crippen MR) is 127 cm³/mol. The molecule has 166 valence electrons. The van der Waals surface area contributed by atoms with Crippen molar-refractivity contribution in [2.24, 2.45) is 0 Å². The van der Waals surface area contributed by atoms with Crippen molar-refractivity contribution in [1.29, 1.82) is 0 Å². The zero-order valence-corrected chi connectivity index (χ0v) is 20.4. The van der Waals surface area contributed by atoms with E-state index < -0.39 is 29.6 Å². The Balaban J connectivity index is 1.85. The number of ether oxygens (including phenoxy) is 3. The van der Waals surface area contributed by atoms with E-state index in [-0.39, 0.29) is 16.4 Å². The lowest BCUT2D eigenvalue weighted by Crippen LogP contribution is -2.34. The second-order valence-corrected chi connectivity index (χ2v) is 8.87. The molecule has 1 aliphatic rings. The Morgan fingerprint density at radius 2 is 1.84 bits per heavy atom. The third kappa shape index (κ3) is 5.43. The highest BCUT2D eigenvalue weighted by Crippen LogP contribution is 2.37. The van der Waals surface area contributed by atoms with Crippen LogP contribution in [0.25, 0.3) is 6.08 Å². The van der Waals surface area contributed by atoms with Gasteiger partial charge in [-0.2, -0.15) is 0 Å². The Bertz CT molecular complexity index is 1130. The van der Waals surface area contributed by atoms with Crippen LogP contribution < -0.4 is 9.47 Å². The lowest BCUT2D eigenvalue weighted by molar-refractivity contribution is -0.143. The first-order valence-corrected chi connectivity index (χ1v) is 11.2. The number of nitrogens with zero attached hydrogens (tertiary/aromatic N) is 1. The van der Waals surface area contributed by atoms with E-state index in [0.29, 0.717) is 31.5 Å². The highest BCUT2D eigenvalue weighted by Gasteiger charge is 2.36. The summed E-state index contributed by atoms with van der Waals surface area (Å²) >= 11 is 8.53. The molecule has 3 rings (SSSR count). The molecule has 8 nitrogen and oxygen atoms in total. The Kier molecular flexibility index (Phi) is 7.80. The fourth-order valence-electron chi connectivity index (χ4n) is 2.64. The van der Waals surface area contributed by atoms with Gasteiger partial charge in [0.15, 0.2) is 11.5 Å². The first kappa shape index (κ1) is 24.1. The molecule has 0 aromatic heterocycles. The summed E-state index contributed by atoms with van der Waals surface area (Å²) in [6.07, 6.45) is 1.50. The van der Waals surface area contributed by atoms with Gasteiger partial charge in [0, 0.05) is 5.02 Å². The molecule has 32 heavy (non-hydrogen) atoms. The van der Waals surface area contributed by atoms with Crippen molar-refractivity contribution in [3.8, 4) is 11.5 Å². The van der Waals surface area contributed by atoms with E-state index in [2.05, 4.69) is 4.74 Å². The van der Waals surface area contributed by atoms with Gasteiger partial charge < -0.3 is 14.2 Å². The molecule has 0 N–H and O–H groups in total. The van der Waals surface area contributed by atoms with Crippen LogP contribution in [0.15, 0.2) is 41.3 Å². The Morgan fingerprint density at radius 3 is 2.47 bits per heavy atom. The van der Waals surface area contributed by atoms with Gasteiger partial charge in [-0.1, -0.05) is 11.6 Å². The summed E-state index contributed by atoms with van der Waals surface area (Å²) in [6, 6.07) is 9.49. The molecule has 0 bridgehead atoms. The number of esters is 2. The molecule has 1 saturated heterocycles. The molecule has 0 spiro atoms. The van der Waals surface area contributed by atoms with Crippen LogP contribution in [0, 0.1) is 3.57 Å². The number of carbonyl (C=O) groups is 4. The summed E-state index contributed by atoms with van der Waals surface area (Å²) in [5.74, 6) is -1.41. The van der Waals surface area contributed by atoms with Crippen molar-refractivity contribution < 1.29 is 33.4 Å². The van der Waals surface area contributed by atoms with Crippen LogP contribution in [-0.4, -0.2) is 48.7 Å². The Hall–Kier alpha value is -2.57. The molecular weight excluding hydrogens is 573 g/mol. The number of hydrogen-bond donors (Lipinski definition) is 0. The largest absolute Gasteiger partial charge is 0.493 e. The van der Waals surface area contributed by atoms with Gasteiger partial charge in [0.2, 0.25) is 0 Å². The third-order valence-electron chi connectivity index (χ3n) is 4.21. The van der Waals surface area contributed by atoms with Crippen LogP contribution in [0.5, 0.6) is 11.5 Å². The minimum Gasteiger partial charge on any atom is -0.493 e. The second-order valence-electron chi connectivity index (χ2n) is 6.27. The molecule has 0 aliphatic carbocycles. The molecule has 2 amide bonds. The topological polar surface area (TPSA) is 99.2 Å². The van der Waals surface area contributed by atoms with E-state index in [4.69, 9.17) is 21.1 Å². The van der Waals surface area contributed by atoms with E-state index >= 15 is 0 Å². The Labute approximate surface area is 206 Å². The molecule has 2 aromatic carbocycles. The monoisotopic (exact) mass is 587 g/mol. The molecule has 0 unspecified atom stereocenters. The number of thioether (sulfide) groups is 1. The van der Waals surface area contributed by atoms with Gasteiger partial charge in [-0.05, 0) is 82.4 Å². The predicted octanol–water partition coefficient (Wildman–Crippen LogP) is 4.38. The summed E-state index contributed by atoms with van der Waals surface area (Å²) in [7, 11) is 2.59. The number of imide groups is 1. The average molecular weight is 588 g/mol. The van der Waals surface area contributed by atoms with Gasteiger partial charge in [-0.25, -0.2) is 4.79 Å². The van der Waals surface area contributed by atoms with Gasteiger partial charge >= 0.3 is 11.9 Å². The summed E-state index contributed by atoms with van der Waals surface area (Å²) in [6.45, 7) is -0.459. The molecule has 0 atom stereocenters. The van der Waals surface area contributed by atoms with Gasteiger partial charge in [0.05, 0.1) is 28.3 Å². The quantitative estimate of drug-likeness (QED) is 0.213. The minimum absolute atomic E-state index is 0.141. The summed E-state index contributed by atoms with van der Waals surface area (Å²) in [5, 5.41) is -0.0732. The highest BCUT2D eigenvalue weighted by atomic mass is 127. The zero-order chi connectivity index (χ0) is 23.4. The summed E-state index contributed by atoms with van der Waals surface area (Å²) in [4.78, 5) is 49.4. The maximum Gasteiger partial charge on any atom is 0.343 e. The van der Waals surface area contributed by atoms with Gasteiger partial charge in [0.25, 0.3) is 11.1 Å². The van der Waals surface area contributed by atoms with Gasteiger partial charge in [-0.3, -0.25) is 19.3 Å². The van der Waals surface area contributed by atoms with E-state index in [9.17, 15) is 19.2 Å². The normalized spacial score (nSPS) is 14.6. The molecule has 0 saturated carbocycles. The van der Waals surface area contributed by atoms with E-state index in [1.54, 1.807) is 36.4 Å². The summed E-state index contributed by atoms with van der Waals surface area (Å²) < 4.78 is 15.9. The van der Waals surface area contributed by atoms with Crippen LogP contribution in [-0.2, 0) is 14.3 Å². The maximum atomic E-state index is 12.5. The van der Waals surface area contributed by atoms with Gasteiger partial charge in [-0.15, -0.1) is 0 Å². The molecule has 0 radical (unpaired) electrons. The molecule has 11 heteroatoms. The number of carbonyl (C=O) groups excluding carboxylic acids is 4. The molecule has 1 heterocycles. The van der Waals surface area contributed by atoms with Crippen molar-refractivity contribution in [1.82, 2.24) is 4.90 Å². The summed E-state index contributed by atoms with van der Waals surface area (Å²) in [5.41, 5.74) is 0.858. The van der Waals surface area contributed by atoms with Crippen LogP contribution in [0.2, 0.25) is 5.02 Å². The first-order chi connectivity index (χ1) is 15.2. The number of amides is 2. The van der Waals surface area contributed by atoms with Crippen LogP contribution in [0.4, 0.5) is 4.79 Å². The lowest BCUT2D eigenvalue weighted by Gasteiger charge is -2.13. The maximum absolute atomic E-state index is 12.5. The standard InChI is InChI=1S/C21H15ClINO7S/c1-29-15-8-11(9-16-19(26)24(21(28)32-16)10-17(25)30-2)7-14(23)18(15)31-20(27)12-3-5-13(22)6-4-12/h3-9H,10H2,1-2H3/b16-9-. The van der Waals surface area contributed by atoms with Crippen molar-refractivity contribution in [2.45, 2.75) is 0 Å². The van der Waals surface area contributed by atoms with Crippen molar-refractivity contribution in [3.63, 3.8) is 0 Å². The fourth-order valence-corrected chi connectivity index (χ4v) is 4.34. The average Bonchev–Trinajstić information content (AvgIpc) is 3.02. The first-order valence-electron chi connectivity index (χ1n) is 8.91. The fraction of sp³-hybridized carbons (Fsp3) is 0.143. The number of rotatable bonds is 6. The number of hydrogen-bond acceptors (Lipinski definition) is 8. The minimum atomic E-state index is -0.698. The molecular formula is C21H15ClINO7S. The van der Waals surface area contributed by atoms with Crippen molar-refractivity contribution in [2.75, 3.05) is 20.8 Å². The van der Waals surface area contributed by atoms with Crippen molar-refractivity contribution in [3.05, 3.63) is 61.0 Å².